The first kappa shape index (κ1) is 15.1. The Bertz CT molecular complexity index is 631. The van der Waals surface area contributed by atoms with Crippen LogP contribution in [0, 0.1) is 0 Å². The summed E-state index contributed by atoms with van der Waals surface area (Å²) in [5.74, 6) is 0.00589. The van der Waals surface area contributed by atoms with Gasteiger partial charge in [0.1, 0.15) is 0 Å². The first-order valence-electron chi connectivity index (χ1n) is 6.50. The second-order valence-electron chi connectivity index (χ2n) is 4.65. The highest BCUT2D eigenvalue weighted by molar-refractivity contribution is 6.34. The summed E-state index contributed by atoms with van der Waals surface area (Å²) in [6.07, 6.45) is 4.41. The lowest BCUT2D eigenvalue weighted by Crippen LogP contribution is -2.25. The van der Waals surface area contributed by atoms with Gasteiger partial charge < -0.3 is 15.8 Å². The molecule has 0 aliphatic rings. The molecule has 1 heterocycles. The van der Waals surface area contributed by atoms with Gasteiger partial charge in [0.15, 0.2) is 5.84 Å². The number of likely N-dealkylation sites (N-methyl/N-ethyl adjacent to an activating group) is 1. The number of pyridine rings is 1. The van der Waals surface area contributed by atoms with Crippen LogP contribution in [0.25, 0.3) is 0 Å². The van der Waals surface area contributed by atoms with Crippen molar-refractivity contribution in [2.75, 3.05) is 18.5 Å². The summed E-state index contributed by atoms with van der Waals surface area (Å²) in [5.41, 5.74) is 8.29. The van der Waals surface area contributed by atoms with Crippen molar-refractivity contribution in [3.63, 3.8) is 0 Å². The molecule has 1 aromatic carbocycles. The third-order valence-corrected chi connectivity index (χ3v) is 3.57. The predicted octanol–water partition coefficient (Wildman–Crippen LogP) is 2.51. The second kappa shape index (κ2) is 6.95. The molecule has 3 N–H and O–H groups in total. The largest absolute Gasteiger partial charge is 0.409 e. The summed E-state index contributed by atoms with van der Waals surface area (Å²) in [6.45, 7) is 0.774. The standard InChI is InChI=1S/C15H17ClN4O/c1-20(10-7-11-5-8-18-9-6-11)13-4-2-3-12(16)14(13)15(17)19-21/h2-6,8-9,21H,7,10H2,1H3,(H2,17,19). The van der Waals surface area contributed by atoms with E-state index in [9.17, 15) is 0 Å². The molecule has 5 nitrogen and oxygen atoms in total. The topological polar surface area (TPSA) is 74.7 Å². The number of hydrogen-bond acceptors (Lipinski definition) is 4. The second-order valence-corrected chi connectivity index (χ2v) is 5.05. The number of rotatable bonds is 5. The Balaban J connectivity index is 2.19. The van der Waals surface area contributed by atoms with Crippen LogP contribution in [0.1, 0.15) is 11.1 Å². The van der Waals surface area contributed by atoms with Crippen molar-refractivity contribution < 1.29 is 5.21 Å². The third-order valence-electron chi connectivity index (χ3n) is 3.25. The predicted molar refractivity (Wildman–Crippen MR) is 85.2 cm³/mol. The normalized spacial score (nSPS) is 11.4. The number of oxime groups is 1. The van der Waals surface area contributed by atoms with Gasteiger partial charge in [-0.15, -0.1) is 0 Å². The molecule has 0 atom stereocenters. The van der Waals surface area contributed by atoms with E-state index < -0.39 is 0 Å². The molecule has 0 aliphatic heterocycles. The van der Waals surface area contributed by atoms with E-state index in [2.05, 4.69) is 10.1 Å². The minimum Gasteiger partial charge on any atom is -0.409 e. The Hall–Kier alpha value is -2.27. The van der Waals surface area contributed by atoms with Crippen LogP contribution in [0.4, 0.5) is 5.69 Å². The number of halogens is 1. The number of nitrogens with zero attached hydrogens (tertiary/aromatic N) is 3. The van der Waals surface area contributed by atoms with E-state index in [0.29, 0.717) is 10.6 Å². The van der Waals surface area contributed by atoms with Crippen molar-refractivity contribution in [2.45, 2.75) is 6.42 Å². The zero-order chi connectivity index (χ0) is 15.2. The van der Waals surface area contributed by atoms with Crippen molar-refractivity contribution in [3.05, 3.63) is 58.9 Å². The Labute approximate surface area is 128 Å². The summed E-state index contributed by atoms with van der Waals surface area (Å²) in [6, 6.07) is 9.42. The number of anilines is 1. The van der Waals surface area contributed by atoms with Gasteiger partial charge >= 0.3 is 0 Å². The maximum Gasteiger partial charge on any atom is 0.173 e. The first-order chi connectivity index (χ1) is 10.1. The van der Waals surface area contributed by atoms with Crippen LogP contribution < -0.4 is 10.6 Å². The molecule has 6 heteroatoms. The van der Waals surface area contributed by atoms with E-state index in [1.54, 1.807) is 18.5 Å². The molecule has 0 amide bonds. The highest BCUT2D eigenvalue weighted by Gasteiger charge is 2.14. The van der Waals surface area contributed by atoms with Gasteiger partial charge in [-0.2, -0.15) is 0 Å². The van der Waals surface area contributed by atoms with Crippen LogP contribution in [0.2, 0.25) is 5.02 Å². The Morgan fingerprint density at radius 2 is 2.05 bits per heavy atom. The van der Waals surface area contributed by atoms with Crippen LogP contribution in [0.5, 0.6) is 0 Å². The molecule has 0 aliphatic carbocycles. The number of hydrogen-bond donors (Lipinski definition) is 2. The molecule has 0 radical (unpaired) electrons. The van der Waals surface area contributed by atoms with Gasteiger partial charge in [0.25, 0.3) is 0 Å². The lowest BCUT2D eigenvalue weighted by molar-refractivity contribution is 0.318. The minimum atomic E-state index is 0.00589. The first-order valence-corrected chi connectivity index (χ1v) is 6.87. The minimum absolute atomic E-state index is 0.00589. The van der Waals surface area contributed by atoms with Gasteiger partial charge in [0.05, 0.1) is 10.6 Å². The summed E-state index contributed by atoms with van der Waals surface area (Å²) in [5, 5.41) is 12.4. The van der Waals surface area contributed by atoms with Gasteiger partial charge in [-0.1, -0.05) is 22.8 Å². The zero-order valence-electron chi connectivity index (χ0n) is 11.7. The highest BCUT2D eigenvalue weighted by Crippen LogP contribution is 2.26. The van der Waals surface area contributed by atoms with E-state index in [4.69, 9.17) is 22.5 Å². The number of nitrogens with two attached hydrogens (primary N) is 1. The van der Waals surface area contributed by atoms with Crippen LogP contribution >= 0.6 is 11.6 Å². The molecule has 0 unspecified atom stereocenters. The Morgan fingerprint density at radius 1 is 1.33 bits per heavy atom. The van der Waals surface area contributed by atoms with Gasteiger partial charge in [0, 0.05) is 31.7 Å². The van der Waals surface area contributed by atoms with Crippen molar-refractivity contribution in [1.29, 1.82) is 0 Å². The maximum absolute atomic E-state index is 8.91. The molecule has 0 fully saturated rings. The van der Waals surface area contributed by atoms with Crippen LogP contribution in [-0.4, -0.2) is 29.6 Å². The fourth-order valence-electron chi connectivity index (χ4n) is 2.10. The monoisotopic (exact) mass is 304 g/mol. The van der Waals surface area contributed by atoms with Gasteiger partial charge in [-0.3, -0.25) is 4.98 Å². The van der Waals surface area contributed by atoms with Crippen LogP contribution in [-0.2, 0) is 6.42 Å². The summed E-state index contributed by atoms with van der Waals surface area (Å²) >= 11 is 6.16. The molecule has 2 aromatic rings. The van der Waals surface area contributed by atoms with Gasteiger partial charge in [0.2, 0.25) is 0 Å². The lowest BCUT2D eigenvalue weighted by Gasteiger charge is -2.22. The van der Waals surface area contributed by atoms with E-state index in [1.807, 2.05) is 36.2 Å². The van der Waals surface area contributed by atoms with Crippen molar-refractivity contribution in [2.24, 2.45) is 10.9 Å². The van der Waals surface area contributed by atoms with Crippen molar-refractivity contribution >= 4 is 23.1 Å². The summed E-state index contributed by atoms with van der Waals surface area (Å²) in [4.78, 5) is 6.03. The van der Waals surface area contributed by atoms with Crippen molar-refractivity contribution in [1.82, 2.24) is 4.98 Å². The molecule has 110 valence electrons. The summed E-state index contributed by atoms with van der Waals surface area (Å²) < 4.78 is 0. The molecular weight excluding hydrogens is 288 g/mol. The van der Waals surface area contributed by atoms with Crippen LogP contribution in [0.15, 0.2) is 47.9 Å². The molecule has 0 saturated carbocycles. The fourth-order valence-corrected chi connectivity index (χ4v) is 2.37. The average Bonchev–Trinajstić information content (AvgIpc) is 2.52. The Morgan fingerprint density at radius 3 is 2.71 bits per heavy atom. The number of aromatic nitrogens is 1. The van der Waals surface area contributed by atoms with Gasteiger partial charge in [-0.25, -0.2) is 0 Å². The smallest absolute Gasteiger partial charge is 0.173 e. The molecule has 0 bridgehead atoms. The molecule has 21 heavy (non-hydrogen) atoms. The SMILES string of the molecule is CN(CCc1ccncc1)c1cccc(Cl)c1C(N)=NO. The van der Waals surface area contributed by atoms with Crippen molar-refractivity contribution in [3.8, 4) is 0 Å². The van der Waals surface area contributed by atoms with Gasteiger partial charge in [-0.05, 0) is 36.2 Å². The van der Waals surface area contributed by atoms with E-state index >= 15 is 0 Å². The average molecular weight is 305 g/mol. The molecule has 2 rings (SSSR count). The number of amidine groups is 1. The van der Waals surface area contributed by atoms with E-state index in [0.717, 1.165) is 18.7 Å². The molecule has 1 aromatic heterocycles. The Kier molecular flexibility index (Phi) is 5.00. The number of benzene rings is 1. The molecule has 0 saturated heterocycles. The lowest BCUT2D eigenvalue weighted by atomic mass is 10.1. The summed E-state index contributed by atoms with van der Waals surface area (Å²) in [7, 11) is 1.95. The molecular formula is C15H17ClN4O. The highest BCUT2D eigenvalue weighted by atomic mass is 35.5. The fraction of sp³-hybridized carbons (Fsp3) is 0.200. The van der Waals surface area contributed by atoms with E-state index in [-0.39, 0.29) is 5.84 Å². The van der Waals surface area contributed by atoms with E-state index in [1.165, 1.54) is 5.56 Å². The van der Waals surface area contributed by atoms with Crippen LogP contribution in [0.3, 0.4) is 0 Å². The third kappa shape index (κ3) is 3.64. The zero-order valence-corrected chi connectivity index (χ0v) is 12.5. The maximum atomic E-state index is 8.91. The molecule has 0 spiro atoms. The quantitative estimate of drug-likeness (QED) is 0.385.